The first-order valence-electron chi connectivity index (χ1n) is 8.12. The molecule has 8 heteroatoms. The first kappa shape index (κ1) is 15.4. The lowest BCUT2D eigenvalue weighted by Gasteiger charge is -2.20. The van der Waals surface area contributed by atoms with Gasteiger partial charge in [-0.3, -0.25) is 9.78 Å². The van der Waals surface area contributed by atoms with E-state index in [1.807, 2.05) is 32.0 Å². The number of nitrogens with zero attached hydrogens (tertiary/aromatic N) is 4. The number of carbonyl (C=O) groups is 1. The fraction of sp³-hybridized carbons (Fsp3) is 0.294. The highest BCUT2D eigenvalue weighted by molar-refractivity contribution is 5.99. The van der Waals surface area contributed by atoms with Crippen molar-refractivity contribution in [1.29, 1.82) is 0 Å². The molecule has 0 radical (unpaired) electrons. The lowest BCUT2D eigenvalue weighted by Crippen LogP contribution is -2.33. The van der Waals surface area contributed by atoms with Crippen molar-refractivity contribution in [3.63, 3.8) is 0 Å². The molecule has 2 bridgehead atoms. The highest BCUT2D eigenvalue weighted by atomic mass is 16.5. The summed E-state index contributed by atoms with van der Waals surface area (Å²) in [4.78, 5) is 21.4. The van der Waals surface area contributed by atoms with Gasteiger partial charge in [0.25, 0.3) is 5.91 Å². The van der Waals surface area contributed by atoms with Gasteiger partial charge in [0.1, 0.15) is 28.9 Å². The van der Waals surface area contributed by atoms with Crippen LogP contribution in [0.2, 0.25) is 0 Å². The highest BCUT2D eigenvalue weighted by Crippen LogP contribution is 2.26. The lowest BCUT2D eigenvalue weighted by molar-refractivity contribution is 0.0933. The monoisotopic (exact) mass is 338 g/mol. The SMILES string of the molecule is C[C@H]1CNC(=O)c2cnn3ccc(nc23)N[C@H](C)c2ncccc2O1. The van der Waals surface area contributed by atoms with Crippen LogP contribution in [0.1, 0.15) is 35.9 Å². The van der Waals surface area contributed by atoms with Crippen LogP contribution in [0.5, 0.6) is 5.75 Å². The van der Waals surface area contributed by atoms with Gasteiger partial charge >= 0.3 is 0 Å². The van der Waals surface area contributed by atoms with Crippen molar-refractivity contribution in [1.82, 2.24) is 24.9 Å². The molecule has 3 aromatic rings. The topological polar surface area (TPSA) is 93.4 Å². The number of amides is 1. The zero-order valence-electron chi connectivity index (χ0n) is 13.9. The molecule has 1 aliphatic heterocycles. The molecule has 2 N–H and O–H groups in total. The number of anilines is 1. The van der Waals surface area contributed by atoms with Gasteiger partial charge in [0.05, 0.1) is 18.8 Å². The predicted molar refractivity (Wildman–Crippen MR) is 91.7 cm³/mol. The molecule has 0 fully saturated rings. The van der Waals surface area contributed by atoms with Crippen molar-refractivity contribution < 1.29 is 9.53 Å². The lowest BCUT2D eigenvalue weighted by atomic mass is 10.2. The number of aromatic nitrogens is 4. The summed E-state index contributed by atoms with van der Waals surface area (Å²) in [5, 5.41) is 10.4. The Hall–Kier alpha value is -3.16. The third-order valence-corrected chi connectivity index (χ3v) is 4.07. The number of ether oxygens (including phenoxy) is 1. The highest BCUT2D eigenvalue weighted by Gasteiger charge is 2.20. The minimum Gasteiger partial charge on any atom is -0.487 e. The number of pyridine rings is 1. The van der Waals surface area contributed by atoms with Crippen LogP contribution in [-0.4, -0.2) is 38.1 Å². The van der Waals surface area contributed by atoms with Gasteiger partial charge in [0.2, 0.25) is 0 Å². The number of hydrogen-bond donors (Lipinski definition) is 2. The molecule has 0 unspecified atom stereocenters. The van der Waals surface area contributed by atoms with E-state index in [2.05, 4.69) is 25.7 Å². The largest absolute Gasteiger partial charge is 0.487 e. The standard InChI is InChI=1S/C17H18N6O2/c1-10-8-19-17(24)12-9-20-23-7-5-14(22-16(12)23)21-11(2)15-13(25-10)4-3-6-18-15/h3-7,9-11H,8H2,1-2H3,(H,19,24)(H,21,22)/t10-,11+/m0/s1. The van der Waals surface area contributed by atoms with Gasteiger partial charge in [-0.25, -0.2) is 9.50 Å². The maximum Gasteiger partial charge on any atom is 0.256 e. The fourth-order valence-electron chi connectivity index (χ4n) is 2.82. The molecule has 1 amide bonds. The van der Waals surface area contributed by atoms with E-state index in [0.29, 0.717) is 29.3 Å². The van der Waals surface area contributed by atoms with Gasteiger partial charge in [-0.2, -0.15) is 5.10 Å². The van der Waals surface area contributed by atoms with Gasteiger partial charge in [0, 0.05) is 12.4 Å². The van der Waals surface area contributed by atoms with Crippen LogP contribution in [0.25, 0.3) is 5.65 Å². The molecule has 4 rings (SSSR count). The molecule has 0 spiro atoms. The average Bonchev–Trinajstić information content (AvgIpc) is 3.02. The predicted octanol–water partition coefficient (Wildman–Crippen LogP) is 1.81. The van der Waals surface area contributed by atoms with E-state index < -0.39 is 0 Å². The van der Waals surface area contributed by atoms with Crippen LogP contribution in [0.3, 0.4) is 0 Å². The zero-order chi connectivity index (χ0) is 17.4. The summed E-state index contributed by atoms with van der Waals surface area (Å²) in [5.41, 5.74) is 1.72. The summed E-state index contributed by atoms with van der Waals surface area (Å²) >= 11 is 0. The minimum absolute atomic E-state index is 0.117. The normalized spacial score (nSPS) is 20.5. The van der Waals surface area contributed by atoms with Crippen molar-refractivity contribution in [2.24, 2.45) is 0 Å². The van der Waals surface area contributed by atoms with E-state index in [9.17, 15) is 4.79 Å². The Kier molecular flexibility index (Phi) is 3.72. The van der Waals surface area contributed by atoms with E-state index >= 15 is 0 Å². The molecule has 0 saturated heterocycles. The van der Waals surface area contributed by atoms with Crippen molar-refractivity contribution in [3.05, 3.63) is 48.0 Å². The van der Waals surface area contributed by atoms with Crippen LogP contribution in [0, 0.1) is 0 Å². The van der Waals surface area contributed by atoms with Gasteiger partial charge in [0.15, 0.2) is 5.65 Å². The quantitative estimate of drug-likeness (QED) is 0.649. The fourth-order valence-corrected chi connectivity index (χ4v) is 2.82. The summed E-state index contributed by atoms with van der Waals surface area (Å²) in [6, 6.07) is 5.40. The first-order chi connectivity index (χ1) is 12.1. The van der Waals surface area contributed by atoms with E-state index in [1.165, 1.54) is 6.20 Å². The minimum atomic E-state index is -0.228. The molecule has 0 aromatic carbocycles. The number of hydrogen-bond acceptors (Lipinski definition) is 6. The molecular formula is C17H18N6O2. The van der Waals surface area contributed by atoms with Gasteiger partial charge < -0.3 is 15.4 Å². The Balaban J connectivity index is 1.81. The second-order valence-electron chi connectivity index (χ2n) is 6.03. The molecule has 2 atom stereocenters. The van der Waals surface area contributed by atoms with Crippen molar-refractivity contribution in [2.45, 2.75) is 26.0 Å². The Bertz CT molecular complexity index is 938. The number of fused-ring (bicyclic) bond motifs is 2. The number of rotatable bonds is 0. The van der Waals surface area contributed by atoms with E-state index in [0.717, 1.165) is 5.69 Å². The number of nitrogens with one attached hydrogen (secondary N) is 2. The maximum atomic E-state index is 12.5. The van der Waals surface area contributed by atoms with Crippen LogP contribution < -0.4 is 15.4 Å². The molecule has 25 heavy (non-hydrogen) atoms. The van der Waals surface area contributed by atoms with Crippen molar-refractivity contribution in [3.8, 4) is 5.75 Å². The summed E-state index contributed by atoms with van der Waals surface area (Å²) in [6.45, 7) is 4.26. The van der Waals surface area contributed by atoms with Crippen molar-refractivity contribution >= 4 is 17.4 Å². The third kappa shape index (κ3) is 2.86. The zero-order valence-corrected chi connectivity index (χ0v) is 13.9. The third-order valence-electron chi connectivity index (χ3n) is 4.07. The van der Waals surface area contributed by atoms with E-state index in [-0.39, 0.29) is 18.1 Å². The van der Waals surface area contributed by atoms with Gasteiger partial charge in [-0.05, 0) is 32.0 Å². The maximum absolute atomic E-state index is 12.5. The Labute approximate surface area is 144 Å². The second-order valence-corrected chi connectivity index (χ2v) is 6.03. The molecule has 4 heterocycles. The molecule has 128 valence electrons. The summed E-state index contributed by atoms with van der Waals surface area (Å²) in [7, 11) is 0. The average molecular weight is 338 g/mol. The van der Waals surface area contributed by atoms with E-state index in [1.54, 1.807) is 16.9 Å². The number of carbonyl (C=O) groups excluding carboxylic acids is 1. The van der Waals surface area contributed by atoms with Crippen LogP contribution >= 0.6 is 0 Å². The van der Waals surface area contributed by atoms with Gasteiger partial charge in [-0.15, -0.1) is 0 Å². The summed E-state index contributed by atoms with van der Waals surface area (Å²) in [6.07, 6.45) is 4.82. The van der Waals surface area contributed by atoms with Crippen LogP contribution in [0.4, 0.5) is 5.82 Å². The summed E-state index contributed by atoms with van der Waals surface area (Å²) in [5.74, 6) is 1.10. The van der Waals surface area contributed by atoms with Crippen molar-refractivity contribution in [2.75, 3.05) is 11.9 Å². The smallest absolute Gasteiger partial charge is 0.256 e. The van der Waals surface area contributed by atoms with Gasteiger partial charge in [-0.1, -0.05) is 0 Å². The Morgan fingerprint density at radius 1 is 1.32 bits per heavy atom. The first-order valence-corrected chi connectivity index (χ1v) is 8.12. The summed E-state index contributed by atoms with van der Waals surface area (Å²) < 4.78 is 7.56. The van der Waals surface area contributed by atoms with Crippen LogP contribution in [-0.2, 0) is 0 Å². The van der Waals surface area contributed by atoms with E-state index in [4.69, 9.17) is 4.74 Å². The van der Waals surface area contributed by atoms with Crippen LogP contribution in [0.15, 0.2) is 36.8 Å². The second kappa shape index (κ2) is 6.04. The molecule has 3 aromatic heterocycles. The molecule has 1 aliphatic rings. The Morgan fingerprint density at radius 2 is 2.20 bits per heavy atom. The molecule has 0 aliphatic carbocycles. The molecule has 0 saturated carbocycles. The molecule has 8 nitrogen and oxygen atoms in total. The molecular weight excluding hydrogens is 320 g/mol. The Morgan fingerprint density at radius 3 is 3.08 bits per heavy atom.